The predicted molar refractivity (Wildman–Crippen MR) is 82.4 cm³/mol. The van der Waals surface area contributed by atoms with Crippen LogP contribution >= 0.6 is 11.8 Å². The molecular formula is C15H15NO5S. The summed E-state index contributed by atoms with van der Waals surface area (Å²) in [6.07, 6.45) is 1.67. The zero-order valence-corrected chi connectivity index (χ0v) is 13.0. The molecule has 0 saturated carbocycles. The molecule has 7 heteroatoms. The molecule has 1 saturated heterocycles. The van der Waals surface area contributed by atoms with Crippen LogP contribution in [0.5, 0.6) is 5.75 Å². The van der Waals surface area contributed by atoms with Crippen LogP contribution in [0.2, 0.25) is 0 Å². The number of hydrogen-bond donors (Lipinski definition) is 1. The van der Waals surface area contributed by atoms with Gasteiger partial charge in [0, 0.05) is 5.56 Å². The number of imide groups is 1. The SMILES string of the molecule is CCOC(=O)Cc1cc(/C=C2/SC(=O)NC2=O)ccc1OC. The molecule has 0 spiro atoms. The Bertz CT molecular complexity index is 653. The summed E-state index contributed by atoms with van der Waals surface area (Å²) in [5, 5.41) is 1.80. The van der Waals surface area contributed by atoms with Gasteiger partial charge in [-0.2, -0.15) is 0 Å². The van der Waals surface area contributed by atoms with Gasteiger partial charge in [0.15, 0.2) is 0 Å². The Hall–Kier alpha value is -2.28. The van der Waals surface area contributed by atoms with Crippen molar-refractivity contribution in [2.45, 2.75) is 13.3 Å². The number of methoxy groups -OCH3 is 1. The lowest BCUT2D eigenvalue weighted by atomic mass is 10.1. The summed E-state index contributed by atoms with van der Waals surface area (Å²) >= 11 is 0.845. The standard InChI is InChI=1S/C15H15NO5S/c1-3-21-13(17)8-10-6-9(4-5-11(10)20-2)7-12-14(18)16-15(19)22-12/h4-7H,3,8H2,1-2H3,(H,16,18,19)/b12-7+. The lowest BCUT2D eigenvalue weighted by Crippen LogP contribution is -2.17. The van der Waals surface area contributed by atoms with E-state index in [0.717, 1.165) is 11.8 Å². The molecule has 0 atom stereocenters. The fraction of sp³-hybridized carbons (Fsp3) is 0.267. The predicted octanol–water partition coefficient (Wildman–Crippen LogP) is 2.12. The Kier molecular flexibility index (Phi) is 5.21. The molecule has 116 valence electrons. The van der Waals surface area contributed by atoms with Gasteiger partial charge in [-0.05, 0) is 42.5 Å². The molecule has 1 heterocycles. The Morgan fingerprint density at radius 1 is 1.36 bits per heavy atom. The van der Waals surface area contributed by atoms with E-state index in [9.17, 15) is 14.4 Å². The molecule has 0 radical (unpaired) electrons. The van der Waals surface area contributed by atoms with E-state index in [4.69, 9.17) is 9.47 Å². The number of carbonyl (C=O) groups is 3. The first-order valence-electron chi connectivity index (χ1n) is 6.61. The van der Waals surface area contributed by atoms with Gasteiger partial charge in [-0.15, -0.1) is 0 Å². The highest BCUT2D eigenvalue weighted by molar-refractivity contribution is 8.18. The van der Waals surface area contributed by atoms with E-state index >= 15 is 0 Å². The molecule has 1 aliphatic rings. The fourth-order valence-corrected chi connectivity index (χ4v) is 2.65. The van der Waals surface area contributed by atoms with Crippen LogP contribution < -0.4 is 10.1 Å². The number of rotatable bonds is 5. The first-order valence-corrected chi connectivity index (χ1v) is 7.42. The summed E-state index contributed by atoms with van der Waals surface area (Å²) < 4.78 is 10.1. The second-order valence-corrected chi connectivity index (χ2v) is 5.42. The molecule has 6 nitrogen and oxygen atoms in total. The molecule has 1 N–H and O–H groups in total. The first-order chi connectivity index (χ1) is 10.5. The largest absolute Gasteiger partial charge is 0.496 e. The fourth-order valence-electron chi connectivity index (χ4n) is 1.97. The third-order valence-electron chi connectivity index (χ3n) is 2.88. The van der Waals surface area contributed by atoms with Gasteiger partial charge in [0.25, 0.3) is 11.1 Å². The van der Waals surface area contributed by atoms with Crippen LogP contribution in [0.3, 0.4) is 0 Å². The molecular weight excluding hydrogens is 306 g/mol. The molecule has 0 aliphatic carbocycles. The minimum absolute atomic E-state index is 0.0757. The maximum Gasteiger partial charge on any atom is 0.310 e. The van der Waals surface area contributed by atoms with E-state index in [1.807, 2.05) is 0 Å². The molecule has 22 heavy (non-hydrogen) atoms. The molecule has 1 aromatic rings. The van der Waals surface area contributed by atoms with Gasteiger partial charge in [-0.3, -0.25) is 19.7 Å². The van der Waals surface area contributed by atoms with Gasteiger partial charge in [-0.1, -0.05) is 6.07 Å². The van der Waals surface area contributed by atoms with Crippen molar-refractivity contribution >= 4 is 35.0 Å². The zero-order chi connectivity index (χ0) is 16.1. The number of esters is 1. The number of thioether (sulfide) groups is 1. The van der Waals surface area contributed by atoms with E-state index in [2.05, 4.69) is 5.32 Å². The summed E-state index contributed by atoms with van der Waals surface area (Å²) in [6, 6.07) is 5.19. The second-order valence-electron chi connectivity index (χ2n) is 4.41. The van der Waals surface area contributed by atoms with Crippen molar-refractivity contribution in [1.82, 2.24) is 5.32 Å². The van der Waals surface area contributed by atoms with Crippen LogP contribution in [0.4, 0.5) is 4.79 Å². The van der Waals surface area contributed by atoms with Crippen molar-refractivity contribution in [2.24, 2.45) is 0 Å². The molecule has 1 aromatic carbocycles. The minimum atomic E-state index is -0.419. The summed E-state index contributed by atoms with van der Waals surface area (Å²) in [4.78, 5) is 34.6. The number of hydrogen-bond acceptors (Lipinski definition) is 6. The molecule has 1 fully saturated rings. The van der Waals surface area contributed by atoms with Gasteiger partial charge >= 0.3 is 5.97 Å². The molecule has 0 unspecified atom stereocenters. The number of amides is 2. The number of ether oxygens (including phenoxy) is 2. The van der Waals surface area contributed by atoms with Crippen molar-refractivity contribution in [3.05, 3.63) is 34.2 Å². The maximum atomic E-state index is 11.6. The summed E-state index contributed by atoms with van der Waals surface area (Å²) in [5.41, 5.74) is 1.36. The summed E-state index contributed by atoms with van der Waals surface area (Å²) in [5.74, 6) is -0.207. The highest BCUT2D eigenvalue weighted by atomic mass is 32.2. The van der Waals surface area contributed by atoms with E-state index in [0.29, 0.717) is 28.4 Å². The minimum Gasteiger partial charge on any atom is -0.496 e. The monoisotopic (exact) mass is 321 g/mol. The molecule has 0 bridgehead atoms. The van der Waals surface area contributed by atoms with E-state index in [1.165, 1.54) is 7.11 Å². The van der Waals surface area contributed by atoms with Crippen LogP contribution in [0.25, 0.3) is 6.08 Å². The Morgan fingerprint density at radius 3 is 2.73 bits per heavy atom. The lowest BCUT2D eigenvalue weighted by Gasteiger charge is -2.09. The van der Waals surface area contributed by atoms with Gasteiger partial charge in [-0.25, -0.2) is 0 Å². The van der Waals surface area contributed by atoms with Crippen molar-refractivity contribution < 1.29 is 23.9 Å². The smallest absolute Gasteiger partial charge is 0.310 e. The molecule has 2 amide bonds. The molecule has 1 aliphatic heterocycles. The highest BCUT2D eigenvalue weighted by Gasteiger charge is 2.25. The quantitative estimate of drug-likeness (QED) is 0.661. The first kappa shape index (κ1) is 16.1. The van der Waals surface area contributed by atoms with Crippen LogP contribution in [0.1, 0.15) is 18.1 Å². The summed E-state index contributed by atoms with van der Waals surface area (Å²) in [6.45, 7) is 2.05. The maximum absolute atomic E-state index is 11.6. The van der Waals surface area contributed by atoms with Gasteiger partial charge in [0.2, 0.25) is 0 Å². The normalized spacial score (nSPS) is 15.8. The van der Waals surface area contributed by atoms with E-state index in [1.54, 1.807) is 31.2 Å². The Balaban J connectivity index is 2.27. The van der Waals surface area contributed by atoms with Crippen LogP contribution in [0.15, 0.2) is 23.1 Å². The van der Waals surface area contributed by atoms with Crippen molar-refractivity contribution in [2.75, 3.05) is 13.7 Å². The van der Waals surface area contributed by atoms with Crippen LogP contribution in [0, 0.1) is 0 Å². The third-order valence-corrected chi connectivity index (χ3v) is 3.69. The zero-order valence-electron chi connectivity index (χ0n) is 12.2. The topological polar surface area (TPSA) is 81.7 Å². The van der Waals surface area contributed by atoms with E-state index < -0.39 is 11.1 Å². The summed E-state index contributed by atoms with van der Waals surface area (Å²) in [7, 11) is 1.51. The van der Waals surface area contributed by atoms with Gasteiger partial charge in [0.05, 0.1) is 25.0 Å². The van der Waals surface area contributed by atoms with Gasteiger partial charge in [0.1, 0.15) is 5.75 Å². The number of nitrogens with one attached hydrogen (secondary N) is 1. The van der Waals surface area contributed by atoms with Crippen molar-refractivity contribution in [3.63, 3.8) is 0 Å². The second kappa shape index (κ2) is 7.13. The molecule has 0 aromatic heterocycles. The van der Waals surface area contributed by atoms with Crippen molar-refractivity contribution in [3.8, 4) is 5.75 Å². The van der Waals surface area contributed by atoms with Crippen molar-refractivity contribution in [1.29, 1.82) is 0 Å². The van der Waals surface area contributed by atoms with Gasteiger partial charge < -0.3 is 9.47 Å². The van der Waals surface area contributed by atoms with E-state index in [-0.39, 0.29) is 12.4 Å². The van der Waals surface area contributed by atoms with Crippen LogP contribution in [-0.4, -0.2) is 30.8 Å². The average molecular weight is 321 g/mol. The third kappa shape index (κ3) is 3.88. The highest BCUT2D eigenvalue weighted by Crippen LogP contribution is 2.27. The molecule has 2 rings (SSSR count). The lowest BCUT2D eigenvalue weighted by molar-refractivity contribution is -0.142. The average Bonchev–Trinajstić information content (AvgIpc) is 2.77. The Morgan fingerprint density at radius 2 is 2.14 bits per heavy atom. The number of benzene rings is 1. The number of carbonyl (C=O) groups excluding carboxylic acids is 3. The van der Waals surface area contributed by atoms with Crippen LogP contribution in [-0.2, 0) is 20.7 Å². The Labute approximate surface area is 131 Å².